The third-order valence-corrected chi connectivity index (χ3v) is 4.13. The molecule has 0 radical (unpaired) electrons. The standard InChI is InChI=1S/C20H21N3O5/c1-11(2)19(25)22-16-8-14(6-5-12(16)3)20(26)27-10-15-9-18(24)23-17(21-15)7-13(4)28-23/h5-9,11H,10H2,1-4H3,(H,22,25). The fourth-order valence-corrected chi connectivity index (χ4v) is 2.53. The molecule has 0 aliphatic carbocycles. The second-order valence-electron chi connectivity index (χ2n) is 6.83. The van der Waals surface area contributed by atoms with Crippen LogP contribution in [0.15, 0.2) is 39.6 Å². The van der Waals surface area contributed by atoms with Gasteiger partial charge in [0, 0.05) is 23.7 Å². The van der Waals surface area contributed by atoms with Crippen molar-refractivity contribution in [2.75, 3.05) is 5.32 Å². The summed E-state index contributed by atoms with van der Waals surface area (Å²) in [7, 11) is 0. The van der Waals surface area contributed by atoms with Crippen LogP contribution < -0.4 is 10.9 Å². The number of carbonyl (C=O) groups excluding carboxylic acids is 2. The van der Waals surface area contributed by atoms with E-state index in [1.54, 1.807) is 45.0 Å². The molecule has 28 heavy (non-hydrogen) atoms. The first-order chi connectivity index (χ1) is 13.2. The lowest BCUT2D eigenvalue weighted by atomic mass is 10.1. The summed E-state index contributed by atoms with van der Waals surface area (Å²) in [4.78, 5) is 40.6. The minimum Gasteiger partial charge on any atom is -0.456 e. The van der Waals surface area contributed by atoms with Gasteiger partial charge in [0.2, 0.25) is 5.91 Å². The number of anilines is 1. The molecule has 2 heterocycles. The van der Waals surface area contributed by atoms with E-state index in [4.69, 9.17) is 9.26 Å². The maximum Gasteiger partial charge on any atom is 0.338 e. The summed E-state index contributed by atoms with van der Waals surface area (Å²) in [6, 6.07) is 7.80. The fraction of sp³-hybridized carbons (Fsp3) is 0.300. The highest BCUT2D eigenvalue weighted by atomic mass is 16.5. The summed E-state index contributed by atoms with van der Waals surface area (Å²) in [5, 5.41) is 2.80. The lowest BCUT2D eigenvalue weighted by molar-refractivity contribution is -0.118. The Morgan fingerprint density at radius 3 is 2.68 bits per heavy atom. The first-order valence-electron chi connectivity index (χ1n) is 8.83. The lowest BCUT2D eigenvalue weighted by Crippen LogP contribution is -2.19. The molecular formula is C20H21N3O5. The van der Waals surface area contributed by atoms with Gasteiger partial charge in [0.1, 0.15) is 12.4 Å². The van der Waals surface area contributed by atoms with Crippen LogP contribution in [0.3, 0.4) is 0 Å². The molecular weight excluding hydrogens is 362 g/mol. The molecule has 0 fully saturated rings. The number of aryl methyl sites for hydroxylation is 2. The number of hydrogen-bond donors (Lipinski definition) is 1. The van der Waals surface area contributed by atoms with Crippen LogP contribution in [-0.2, 0) is 16.1 Å². The third-order valence-electron chi connectivity index (χ3n) is 4.13. The largest absolute Gasteiger partial charge is 0.456 e. The monoisotopic (exact) mass is 383 g/mol. The summed E-state index contributed by atoms with van der Waals surface area (Å²) in [6.07, 6.45) is 0. The number of aromatic nitrogens is 2. The van der Waals surface area contributed by atoms with Crippen molar-refractivity contribution >= 4 is 23.2 Å². The molecule has 0 unspecified atom stereocenters. The molecule has 1 N–H and O–H groups in total. The second kappa shape index (κ2) is 7.67. The summed E-state index contributed by atoms with van der Waals surface area (Å²) in [6.45, 7) is 6.97. The Hall–Kier alpha value is -3.42. The number of amides is 1. The van der Waals surface area contributed by atoms with Crippen LogP contribution in [0.25, 0.3) is 5.65 Å². The van der Waals surface area contributed by atoms with Crippen molar-refractivity contribution in [1.29, 1.82) is 0 Å². The average Bonchev–Trinajstić information content (AvgIpc) is 3.02. The molecule has 1 aromatic carbocycles. The predicted molar refractivity (Wildman–Crippen MR) is 102 cm³/mol. The molecule has 0 spiro atoms. The van der Waals surface area contributed by atoms with Crippen LogP contribution in [0.5, 0.6) is 0 Å². The van der Waals surface area contributed by atoms with E-state index in [1.807, 2.05) is 6.92 Å². The molecule has 2 aromatic heterocycles. The third kappa shape index (κ3) is 4.11. The average molecular weight is 383 g/mol. The molecule has 3 aromatic rings. The molecule has 0 saturated carbocycles. The topological polar surface area (TPSA) is 103 Å². The molecule has 0 aliphatic rings. The van der Waals surface area contributed by atoms with E-state index in [1.165, 1.54) is 6.07 Å². The van der Waals surface area contributed by atoms with Gasteiger partial charge in [-0.1, -0.05) is 19.9 Å². The minimum absolute atomic E-state index is 0.137. The van der Waals surface area contributed by atoms with Crippen LogP contribution >= 0.6 is 0 Å². The molecule has 0 bridgehead atoms. The number of esters is 1. The van der Waals surface area contributed by atoms with Gasteiger partial charge in [-0.2, -0.15) is 0 Å². The van der Waals surface area contributed by atoms with Gasteiger partial charge in [-0.15, -0.1) is 4.57 Å². The van der Waals surface area contributed by atoms with Gasteiger partial charge in [0.25, 0.3) is 5.56 Å². The number of nitrogens with zero attached hydrogens (tertiary/aromatic N) is 2. The van der Waals surface area contributed by atoms with Crippen LogP contribution in [0, 0.1) is 19.8 Å². The van der Waals surface area contributed by atoms with E-state index >= 15 is 0 Å². The minimum atomic E-state index is -0.578. The van der Waals surface area contributed by atoms with E-state index in [9.17, 15) is 14.4 Å². The molecule has 0 atom stereocenters. The fourth-order valence-electron chi connectivity index (χ4n) is 2.53. The normalized spacial score (nSPS) is 11.0. The Bertz CT molecular complexity index is 1110. The molecule has 8 nitrogen and oxygen atoms in total. The van der Waals surface area contributed by atoms with Gasteiger partial charge in [-0.05, 0) is 31.5 Å². The van der Waals surface area contributed by atoms with Crippen molar-refractivity contribution in [2.45, 2.75) is 34.3 Å². The van der Waals surface area contributed by atoms with Crippen molar-refractivity contribution in [3.05, 3.63) is 63.3 Å². The van der Waals surface area contributed by atoms with E-state index in [-0.39, 0.29) is 18.4 Å². The maximum atomic E-state index is 12.4. The summed E-state index contributed by atoms with van der Waals surface area (Å²) >= 11 is 0. The number of ether oxygens (including phenoxy) is 1. The summed E-state index contributed by atoms with van der Waals surface area (Å²) in [5.41, 5.74) is 1.96. The van der Waals surface area contributed by atoms with Gasteiger partial charge in [0.05, 0.1) is 11.3 Å². The quantitative estimate of drug-likeness (QED) is 0.680. The van der Waals surface area contributed by atoms with Crippen molar-refractivity contribution in [3.63, 3.8) is 0 Å². The smallest absolute Gasteiger partial charge is 0.338 e. The Labute approximate surface area is 161 Å². The number of carbonyl (C=O) groups is 2. The number of fused-ring (bicyclic) bond motifs is 1. The molecule has 8 heteroatoms. The van der Waals surface area contributed by atoms with Crippen LogP contribution in [-0.4, -0.2) is 21.4 Å². The lowest BCUT2D eigenvalue weighted by Gasteiger charge is -2.12. The van der Waals surface area contributed by atoms with E-state index in [2.05, 4.69) is 10.3 Å². The van der Waals surface area contributed by atoms with Gasteiger partial charge >= 0.3 is 5.97 Å². The van der Waals surface area contributed by atoms with E-state index < -0.39 is 11.5 Å². The van der Waals surface area contributed by atoms with Crippen molar-refractivity contribution < 1.29 is 18.8 Å². The number of nitrogens with one attached hydrogen (secondary N) is 1. The Balaban J connectivity index is 1.74. The van der Waals surface area contributed by atoms with Crippen LogP contribution in [0.1, 0.15) is 41.2 Å². The number of hydrogen-bond acceptors (Lipinski definition) is 6. The van der Waals surface area contributed by atoms with Crippen LogP contribution in [0.4, 0.5) is 5.69 Å². The van der Waals surface area contributed by atoms with Crippen molar-refractivity contribution in [1.82, 2.24) is 9.56 Å². The predicted octanol–water partition coefficient (Wildman–Crippen LogP) is 2.86. The molecule has 3 rings (SSSR count). The number of benzene rings is 1. The first-order valence-corrected chi connectivity index (χ1v) is 8.83. The van der Waals surface area contributed by atoms with Crippen molar-refractivity contribution in [2.24, 2.45) is 5.92 Å². The van der Waals surface area contributed by atoms with E-state index in [0.29, 0.717) is 28.4 Å². The highest BCUT2D eigenvalue weighted by molar-refractivity contribution is 5.96. The Morgan fingerprint density at radius 2 is 1.96 bits per heavy atom. The van der Waals surface area contributed by atoms with Gasteiger partial charge in [-0.25, -0.2) is 9.78 Å². The number of rotatable bonds is 5. The molecule has 0 saturated heterocycles. The summed E-state index contributed by atoms with van der Waals surface area (Å²) < 4.78 is 11.6. The zero-order chi connectivity index (χ0) is 20.4. The van der Waals surface area contributed by atoms with Gasteiger partial charge < -0.3 is 14.6 Å². The van der Waals surface area contributed by atoms with Gasteiger partial charge in [0.15, 0.2) is 5.65 Å². The molecule has 1 amide bonds. The van der Waals surface area contributed by atoms with Crippen LogP contribution in [0.2, 0.25) is 0 Å². The maximum absolute atomic E-state index is 12.4. The zero-order valence-electron chi connectivity index (χ0n) is 16.1. The second-order valence-corrected chi connectivity index (χ2v) is 6.83. The highest BCUT2D eigenvalue weighted by Crippen LogP contribution is 2.19. The zero-order valence-corrected chi connectivity index (χ0v) is 16.1. The molecule has 146 valence electrons. The Kier molecular flexibility index (Phi) is 5.30. The van der Waals surface area contributed by atoms with Crippen molar-refractivity contribution in [3.8, 4) is 0 Å². The molecule has 0 aliphatic heterocycles. The summed E-state index contributed by atoms with van der Waals surface area (Å²) in [5.74, 6) is -0.344. The first kappa shape index (κ1) is 19.3. The highest BCUT2D eigenvalue weighted by Gasteiger charge is 2.14. The SMILES string of the molecule is Cc1cc2nc(COC(=O)c3ccc(C)c(NC(=O)C(C)C)c3)cc(=O)n2o1. The Morgan fingerprint density at radius 1 is 1.21 bits per heavy atom. The van der Waals surface area contributed by atoms with Gasteiger partial charge in [-0.3, -0.25) is 9.59 Å². The van der Waals surface area contributed by atoms with E-state index in [0.717, 1.165) is 10.1 Å².